The smallest absolute Gasteiger partial charge is 0.339 e. The first-order valence-electron chi connectivity index (χ1n) is 8.28. The minimum absolute atomic E-state index is 0.0830. The van der Waals surface area contributed by atoms with Gasteiger partial charge in [0.1, 0.15) is 5.00 Å². The van der Waals surface area contributed by atoms with Gasteiger partial charge in [0.15, 0.2) is 0 Å². The second-order valence-corrected chi connectivity index (χ2v) is 8.40. The fourth-order valence-corrected chi connectivity index (χ4v) is 4.34. The van der Waals surface area contributed by atoms with Crippen molar-refractivity contribution in [2.45, 2.75) is 40.0 Å². The molecule has 0 unspecified atom stereocenters. The van der Waals surface area contributed by atoms with Gasteiger partial charge in [-0.1, -0.05) is 31.5 Å². The number of carbonyl (C=O) groups is 2. The van der Waals surface area contributed by atoms with Crippen molar-refractivity contribution >= 4 is 34.0 Å². The SMILES string of the molecule is Cc1ccc(NC(=O)Nc2sc3c(c2C(=O)O)CC(C)(C)CC3)cc1. The van der Waals surface area contributed by atoms with Crippen LogP contribution in [0.2, 0.25) is 0 Å². The number of urea groups is 1. The number of benzene rings is 1. The van der Waals surface area contributed by atoms with Crippen molar-refractivity contribution < 1.29 is 14.7 Å². The summed E-state index contributed by atoms with van der Waals surface area (Å²) in [6, 6.07) is 7.02. The quantitative estimate of drug-likeness (QED) is 0.729. The number of carboxylic acid groups (broad SMARTS) is 1. The molecule has 2 amide bonds. The van der Waals surface area contributed by atoms with Gasteiger partial charge in [0.25, 0.3) is 0 Å². The van der Waals surface area contributed by atoms with Gasteiger partial charge >= 0.3 is 12.0 Å². The van der Waals surface area contributed by atoms with E-state index >= 15 is 0 Å². The van der Waals surface area contributed by atoms with E-state index in [1.54, 1.807) is 0 Å². The van der Waals surface area contributed by atoms with Crippen molar-refractivity contribution in [3.8, 4) is 0 Å². The number of nitrogens with one attached hydrogen (secondary N) is 2. The molecule has 25 heavy (non-hydrogen) atoms. The molecule has 3 rings (SSSR count). The van der Waals surface area contributed by atoms with E-state index in [0.717, 1.165) is 35.3 Å². The highest BCUT2D eigenvalue weighted by Gasteiger charge is 2.33. The molecule has 1 aromatic heterocycles. The Morgan fingerprint density at radius 3 is 2.48 bits per heavy atom. The molecular formula is C19H22N2O3S. The van der Waals surface area contributed by atoms with Gasteiger partial charge in [-0.3, -0.25) is 5.32 Å². The van der Waals surface area contributed by atoms with Gasteiger partial charge in [-0.05, 0) is 49.3 Å². The first kappa shape index (κ1) is 17.5. The van der Waals surface area contributed by atoms with Gasteiger partial charge in [-0.15, -0.1) is 11.3 Å². The summed E-state index contributed by atoms with van der Waals surface area (Å²) in [7, 11) is 0. The number of rotatable bonds is 3. The molecule has 1 aliphatic rings. The van der Waals surface area contributed by atoms with Crippen LogP contribution in [-0.2, 0) is 12.8 Å². The molecule has 0 radical (unpaired) electrons. The number of hydrogen-bond acceptors (Lipinski definition) is 3. The molecule has 1 aromatic carbocycles. The fraction of sp³-hybridized carbons (Fsp3) is 0.368. The van der Waals surface area contributed by atoms with Crippen LogP contribution < -0.4 is 10.6 Å². The topological polar surface area (TPSA) is 78.4 Å². The van der Waals surface area contributed by atoms with Crippen molar-refractivity contribution in [3.63, 3.8) is 0 Å². The number of amides is 2. The first-order valence-corrected chi connectivity index (χ1v) is 9.09. The maximum atomic E-state index is 12.3. The second kappa shape index (κ2) is 6.52. The van der Waals surface area contributed by atoms with Crippen LogP contribution in [0.5, 0.6) is 0 Å². The third-order valence-electron chi connectivity index (χ3n) is 4.53. The minimum Gasteiger partial charge on any atom is -0.478 e. The molecule has 0 aliphatic heterocycles. The van der Waals surface area contributed by atoms with Gasteiger partial charge < -0.3 is 10.4 Å². The minimum atomic E-state index is -0.985. The summed E-state index contributed by atoms with van der Waals surface area (Å²) in [4.78, 5) is 25.1. The van der Waals surface area contributed by atoms with E-state index in [9.17, 15) is 14.7 Å². The zero-order valence-corrected chi connectivity index (χ0v) is 15.4. The average molecular weight is 358 g/mol. The highest BCUT2D eigenvalue weighted by Crippen LogP contribution is 2.43. The Morgan fingerprint density at radius 2 is 1.84 bits per heavy atom. The molecule has 132 valence electrons. The van der Waals surface area contributed by atoms with Crippen LogP contribution in [0.25, 0.3) is 0 Å². The Kier molecular flexibility index (Phi) is 4.56. The van der Waals surface area contributed by atoms with E-state index in [-0.39, 0.29) is 11.0 Å². The van der Waals surface area contributed by atoms with E-state index < -0.39 is 12.0 Å². The maximum absolute atomic E-state index is 12.3. The van der Waals surface area contributed by atoms with E-state index in [0.29, 0.717) is 10.7 Å². The molecule has 0 bridgehead atoms. The van der Waals surface area contributed by atoms with Crippen LogP contribution in [0.3, 0.4) is 0 Å². The molecule has 0 saturated heterocycles. The van der Waals surface area contributed by atoms with Crippen molar-refractivity contribution in [2.75, 3.05) is 10.6 Å². The molecule has 0 saturated carbocycles. The number of carbonyl (C=O) groups excluding carboxylic acids is 1. The summed E-state index contributed by atoms with van der Waals surface area (Å²) in [6.45, 7) is 6.27. The zero-order chi connectivity index (χ0) is 18.2. The van der Waals surface area contributed by atoms with E-state index in [1.807, 2.05) is 31.2 Å². The third kappa shape index (κ3) is 3.85. The van der Waals surface area contributed by atoms with Crippen LogP contribution >= 0.6 is 11.3 Å². The Morgan fingerprint density at radius 1 is 1.16 bits per heavy atom. The van der Waals surface area contributed by atoms with Crippen LogP contribution in [0.4, 0.5) is 15.5 Å². The lowest BCUT2D eigenvalue weighted by atomic mass is 9.76. The van der Waals surface area contributed by atoms with Gasteiger partial charge in [-0.25, -0.2) is 9.59 Å². The largest absolute Gasteiger partial charge is 0.478 e. The first-order chi connectivity index (χ1) is 11.7. The summed E-state index contributed by atoms with van der Waals surface area (Å²) in [5.74, 6) is -0.985. The molecule has 1 heterocycles. The number of aryl methyl sites for hydroxylation is 2. The average Bonchev–Trinajstić information content (AvgIpc) is 2.85. The van der Waals surface area contributed by atoms with Crippen LogP contribution in [0.1, 0.15) is 46.6 Å². The summed E-state index contributed by atoms with van der Waals surface area (Å²) in [5.41, 5.74) is 2.97. The molecule has 6 heteroatoms. The predicted octanol–water partition coefficient (Wildman–Crippen LogP) is 4.91. The number of fused-ring (bicyclic) bond motifs is 1. The Labute approximate surface area is 151 Å². The number of carboxylic acids is 1. The molecule has 0 spiro atoms. The second-order valence-electron chi connectivity index (χ2n) is 7.30. The molecule has 5 nitrogen and oxygen atoms in total. The lowest BCUT2D eigenvalue weighted by molar-refractivity contribution is 0.0696. The van der Waals surface area contributed by atoms with E-state index in [2.05, 4.69) is 24.5 Å². The standard InChI is InChI=1S/C19H22N2O3S/c1-11-4-6-12(7-5-11)20-18(24)21-16-15(17(22)23)13-10-19(2,3)9-8-14(13)25-16/h4-7H,8-10H2,1-3H3,(H,22,23)(H2,20,21,24). The molecule has 1 aliphatic carbocycles. The Balaban J connectivity index is 1.82. The summed E-state index contributed by atoms with van der Waals surface area (Å²) < 4.78 is 0. The number of thiophene rings is 1. The molecule has 2 aromatic rings. The maximum Gasteiger partial charge on any atom is 0.339 e. The van der Waals surface area contributed by atoms with E-state index in [1.165, 1.54) is 11.3 Å². The van der Waals surface area contributed by atoms with Crippen LogP contribution in [0.15, 0.2) is 24.3 Å². The van der Waals surface area contributed by atoms with Gasteiger partial charge in [0.05, 0.1) is 5.56 Å². The normalized spacial score (nSPS) is 15.3. The number of anilines is 2. The molecular weight excluding hydrogens is 336 g/mol. The van der Waals surface area contributed by atoms with Crippen LogP contribution in [0, 0.1) is 12.3 Å². The summed E-state index contributed by atoms with van der Waals surface area (Å²) >= 11 is 1.38. The summed E-state index contributed by atoms with van der Waals surface area (Å²) in [6.07, 6.45) is 2.60. The van der Waals surface area contributed by atoms with Crippen molar-refractivity contribution in [2.24, 2.45) is 5.41 Å². The fourth-order valence-electron chi connectivity index (χ4n) is 3.14. The monoisotopic (exact) mass is 358 g/mol. The van der Waals surface area contributed by atoms with Gasteiger partial charge in [0, 0.05) is 10.6 Å². The van der Waals surface area contributed by atoms with E-state index in [4.69, 9.17) is 0 Å². The summed E-state index contributed by atoms with van der Waals surface area (Å²) in [5, 5.41) is 15.5. The Bertz CT molecular complexity index is 822. The lowest BCUT2D eigenvalue weighted by Gasteiger charge is -2.29. The molecule has 0 fully saturated rings. The van der Waals surface area contributed by atoms with Crippen LogP contribution in [-0.4, -0.2) is 17.1 Å². The van der Waals surface area contributed by atoms with Gasteiger partial charge in [0.2, 0.25) is 0 Å². The number of aromatic carboxylic acids is 1. The predicted molar refractivity (Wildman–Crippen MR) is 101 cm³/mol. The number of hydrogen-bond donors (Lipinski definition) is 3. The molecule has 3 N–H and O–H groups in total. The lowest BCUT2D eigenvalue weighted by Crippen LogP contribution is -2.23. The van der Waals surface area contributed by atoms with Crippen molar-refractivity contribution in [1.29, 1.82) is 0 Å². The Hall–Kier alpha value is -2.34. The zero-order valence-electron chi connectivity index (χ0n) is 14.6. The van der Waals surface area contributed by atoms with Gasteiger partial charge in [-0.2, -0.15) is 0 Å². The third-order valence-corrected chi connectivity index (χ3v) is 5.73. The van der Waals surface area contributed by atoms with Crippen molar-refractivity contribution in [1.82, 2.24) is 0 Å². The van der Waals surface area contributed by atoms with Crippen molar-refractivity contribution in [3.05, 3.63) is 45.8 Å². The highest BCUT2D eigenvalue weighted by molar-refractivity contribution is 7.17. The molecule has 0 atom stereocenters. The highest BCUT2D eigenvalue weighted by atomic mass is 32.1.